The van der Waals surface area contributed by atoms with Crippen molar-refractivity contribution in [1.29, 1.82) is 0 Å². The molecule has 1 aromatic heterocycles. The van der Waals surface area contributed by atoms with E-state index in [0.29, 0.717) is 5.92 Å². The van der Waals surface area contributed by atoms with Crippen LogP contribution in [-0.2, 0) is 13.1 Å². The lowest BCUT2D eigenvalue weighted by molar-refractivity contribution is 0.552. The SMILES string of the molecule is Cc1cc(C)n(Cc2cccc(CNCC(C)C)c2)n1. The van der Waals surface area contributed by atoms with E-state index in [1.165, 1.54) is 16.8 Å². The van der Waals surface area contributed by atoms with E-state index >= 15 is 0 Å². The number of nitrogens with one attached hydrogen (secondary N) is 1. The summed E-state index contributed by atoms with van der Waals surface area (Å²) in [5, 5.41) is 8.01. The van der Waals surface area contributed by atoms with Gasteiger partial charge in [-0.3, -0.25) is 4.68 Å². The Morgan fingerprint density at radius 3 is 2.55 bits per heavy atom. The Kier molecular flexibility index (Phi) is 4.96. The smallest absolute Gasteiger partial charge is 0.0662 e. The predicted molar refractivity (Wildman–Crippen MR) is 83.8 cm³/mol. The highest BCUT2D eigenvalue weighted by Gasteiger charge is 2.03. The molecule has 108 valence electrons. The maximum atomic E-state index is 4.52. The highest BCUT2D eigenvalue weighted by atomic mass is 15.3. The van der Waals surface area contributed by atoms with Crippen molar-refractivity contribution in [3.05, 3.63) is 52.8 Å². The molecule has 2 aromatic rings. The molecule has 1 aromatic carbocycles. The van der Waals surface area contributed by atoms with E-state index in [2.05, 4.69) is 66.2 Å². The van der Waals surface area contributed by atoms with Crippen molar-refractivity contribution in [3.63, 3.8) is 0 Å². The van der Waals surface area contributed by atoms with Gasteiger partial charge in [-0.25, -0.2) is 0 Å². The van der Waals surface area contributed by atoms with E-state index in [1.54, 1.807) is 0 Å². The number of rotatable bonds is 6. The van der Waals surface area contributed by atoms with Crippen LogP contribution in [0.1, 0.15) is 36.4 Å². The molecule has 0 saturated heterocycles. The molecule has 0 fully saturated rings. The quantitative estimate of drug-likeness (QED) is 0.873. The molecule has 0 saturated carbocycles. The molecule has 0 aliphatic heterocycles. The van der Waals surface area contributed by atoms with Crippen molar-refractivity contribution in [3.8, 4) is 0 Å². The van der Waals surface area contributed by atoms with Crippen LogP contribution < -0.4 is 5.32 Å². The van der Waals surface area contributed by atoms with E-state index in [0.717, 1.165) is 25.3 Å². The van der Waals surface area contributed by atoms with Gasteiger partial charge in [0.1, 0.15) is 0 Å². The summed E-state index contributed by atoms with van der Waals surface area (Å²) in [6.45, 7) is 11.4. The number of benzene rings is 1. The second-order valence-corrected chi connectivity index (χ2v) is 5.93. The lowest BCUT2D eigenvalue weighted by atomic mass is 10.1. The van der Waals surface area contributed by atoms with Gasteiger partial charge in [-0.2, -0.15) is 5.10 Å². The van der Waals surface area contributed by atoms with Gasteiger partial charge in [-0.15, -0.1) is 0 Å². The number of hydrogen-bond acceptors (Lipinski definition) is 2. The Labute approximate surface area is 122 Å². The van der Waals surface area contributed by atoms with Gasteiger partial charge in [0.05, 0.1) is 12.2 Å². The molecule has 3 heteroatoms. The Morgan fingerprint density at radius 2 is 1.90 bits per heavy atom. The first-order valence-corrected chi connectivity index (χ1v) is 7.34. The van der Waals surface area contributed by atoms with E-state index in [-0.39, 0.29) is 0 Å². The molecular weight excluding hydrogens is 246 g/mol. The third-order valence-electron chi connectivity index (χ3n) is 3.31. The van der Waals surface area contributed by atoms with Crippen molar-refractivity contribution in [1.82, 2.24) is 15.1 Å². The second kappa shape index (κ2) is 6.71. The van der Waals surface area contributed by atoms with E-state index in [9.17, 15) is 0 Å². The summed E-state index contributed by atoms with van der Waals surface area (Å²) in [7, 11) is 0. The standard InChI is InChI=1S/C17H25N3/c1-13(2)10-18-11-16-6-5-7-17(9-16)12-20-15(4)8-14(3)19-20/h5-9,13,18H,10-12H2,1-4H3. The maximum absolute atomic E-state index is 4.52. The largest absolute Gasteiger partial charge is 0.312 e. The summed E-state index contributed by atoms with van der Waals surface area (Å²) in [5.74, 6) is 0.688. The first-order valence-electron chi connectivity index (χ1n) is 7.34. The molecule has 1 N–H and O–H groups in total. The summed E-state index contributed by atoms with van der Waals surface area (Å²) in [4.78, 5) is 0. The molecule has 0 aliphatic carbocycles. The van der Waals surface area contributed by atoms with Crippen molar-refractivity contribution < 1.29 is 0 Å². The first-order chi connectivity index (χ1) is 9.54. The van der Waals surface area contributed by atoms with Crippen molar-refractivity contribution in [2.24, 2.45) is 5.92 Å². The fourth-order valence-corrected chi connectivity index (χ4v) is 2.35. The highest BCUT2D eigenvalue weighted by molar-refractivity contribution is 5.24. The van der Waals surface area contributed by atoms with Crippen LogP contribution in [0.15, 0.2) is 30.3 Å². The molecule has 3 nitrogen and oxygen atoms in total. The molecule has 0 unspecified atom stereocenters. The first kappa shape index (κ1) is 14.8. The van der Waals surface area contributed by atoms with Crippen LogP contribution >= 0.6 is 0 Å². The van der Waals surface area contributed by atoms with Crippen molar-refractivity contribution >= 4 is 0 Å². The van der Waals surface area contributed by atoms with Gasteiger partial charge in [-0.1, -0.05) is 38.1 Å². The van der Waals surface area contributed by atoms with E-state index in [1.807, 2.05) is 6.92 Å². The third-order valence-corrected chi connectivity index (χ3v) is 3.31. The molecule has 0 spiro atoms. The Hall–Kier alpha value is -1.61. The molecular formula is C17H25N3. The predicted octanol–water partition coefficient (Wildman–Crippen LogP) is 3.29. The molecule has 2 rings (SSSR count). The zero-order chi connectivity index (χ0) is 14.5. The average molecular weight is 271 g/mol. The van der Waals surface area contributed by atoms with Gasteiger partial charge >= 0.3 is 0 Å². The average Bonchev–Trinajstić information content (AvgIpc) is 2.68. The Bertz CT molecular complexity index is 555. The fraction of sp³-hybridized carbons (Fsp3) is 0.471. The molecule has 1 heterocycles. The minimum absolute atomic E-state index is 0.688. The third kappa shape index (κ3) is 4.20. The highest BCUT2D eigenvalue weighted by Crippen LogP contribution is 2.10. The second-order valence-electron chi connectivity index (χ2n) is 5.93. The maximum Gasteiger partial charge on any atom is 0.0662 e. The van der Waals surface area contributed by atoms with Gasteiger partial charge in [0.2, 0.25) is 0 Å². The van der Waals surface area contributed by atoms with Crippen LogP contribution in [0, 0.1) is 19.8 Å². The lowest BCUT2D eigenvalue weighted by Crippen LogP contribution is -2.19. The number of aromatic nitrogens is 2. The topological polar surface area (TPSA) is 29.9 Å². The van der Waals surface area contributed by atoms with Gasteiger partial charge in [0.15, 0.2) is 0 Å². The molecule has 0 bridgehead atoms. The minimum Gasteiger partial charge on any atom is -0.312 e. The van der Waals surface area contributed by atoms with Crippen molar-refractivity contribution in [2.45, 2.75) is 40.8 Å². The van der Waals surface area contributed by atoms with Crippen LogP contribution in [0.25, 0.3) is 0 Å². The summed E-state index contributed by atoms with van der Waals surface area (Å²) in [6.07, 6.45) is 0. The zero-order valence-corrected chi connectivity index (χ0v) is 13.0. The molecule has 0 aliphatic rings. The molecule has 0 radical (unpaired) electrons. The lowest BCUT2D eigenvalue weighted by Gasteiger charge is -2.09. The fourth-order valence-electron chi connectivity index (χ4n) is 2.35. The van der Waals surface area contributed by atoms with E-state index < -0.39 is 0 Å². The Morgan fingerprint density at radius 1 is 1.15 bits per heavy atom. The van der Waals surface area contributed by atoms with Crippen LogP contribution in [0.2, 0.25) is 0 Å². The van der Waals surface area contributed by atoms with Crippen LogP contribution in [0.4, 0.5) is 0 Å². The van der Waals surface area contributed by atoms with Gasteiger partial charge in [-0.05, 0) is 43.5 Å². The van der Waals surface area contributed by atoms with Crippen LogP contribution in [-0.4, -0.2) is 16.3 Å². The van der Waals surface area contributed by atoms with Crippen molar-refractivity contribution in [2.75, 3.05) is 6.54 Å². The van der Waals surface area contributed by atoms with Gasteiger partial charge < -0.3 is 5.32 Å². The van der Waals surface area contributed by atoms with Gasteiger partial charge in [0, 0.05) is 12.2 Å². The summed E-state index contributed by atoms with van der Waals surface area (Å²) in [6, 6.07) is 10.9. The van der Waals surface area contributed by atoms with Crippen LogP contribution in [0.3, 0.4) is 0 Å². The molecule has 20 heavy (non-hydrogen) atoms. The summed E-state index contributed by atoms with van der Waals surface area (Å²) >= 11 is 0. The zero-order valence-electron chi connectivity index (χ0n) is 13.0. The number of hydrogen-bond donors (Lipinski definition) is 1. The summed E-state index contributed by atoms with van der Waals surface area (Å²) in [5.41, 5.74) is 4.94. The molecule has 0 atom stereocenters. The number of aryl methyl sites for hydroxylation is 2. The molecule has 0 amide bonds. The van der Waals surface area contributed by atoms with E-state index in [4.69, 9.17) is 0 Å². The monoisotopic (exact) mass is 271 g/mol. The normalized spacial score (nSPS) is 11.2. The summed E-state index contributed by atoms with van der Waals surface area (Å²) < 4.78 is 2.07. The number of nitrogens with zero attached hydrogens (tertiary/aromatic N) is 2. The van der Waals surface area contributed by atoms with Crippen LogP contribution in [0.5, 0.6) is 0 Å². The van der Waals surface area contributed by atoms with Gasteiger partial charge in [0.25, 0.3) is 0 Å². The minimum atomic E-state index is 0.688. The Balaban J connectivity index is 2.00.